The Morgan fingerprint density at radius 1 is 1.03 bits per heavy atom. The van der Waals surface area contributed by atoms with Crippen LogP contribution in [0.1, 0.15) is 50.1 Å². The molecule has 1 aliphatic carbocycles. The first kappa shape index (κ1) is 19.7. The molecule has 154 valence electrons. The van der Waals surface area contributed by atoms with E-state index in [1.165, 1.54) is 25.0 Å². The Bertz CT molecular complexity index is 784. The number of nitrogens with one attached hydrogen (secondary N) is 2. The van der Waals surface area contributed by atoms with Crippen molar-refractivity contribution < 1.29 is 9.18 Å². The number of hydrogen-bond donors (Lipinski definition) is 2. The molecule has 0 bridgehead atoms. The normalized spacial score (nSPS) is 19.1. The van der Waals surface area contributed by atoms with Crippen molar-refractivity contribution in [3.8, 4) is 0 Å². The lowest BCUT2D eigenvalue weighted by atomic mass is 9.91. The van der Waals surface area contributed by atoms with Gasteiger partial charge in [-0.2, -0.15) is 0 Å². The average molecular weight is 397 g/mol. The van der Waals surface area contributed by atoms with Crippen molar-refractivity contribution in [2.45, 2.75) is 50.6 Å². The lowest BCUT2D eigenvalue weighted by Crippen LogP contribution is -2.49. The zero-order valence-electron chi connectivity index (χ0n) is 16.7. The summed E-state index contributed by atoms with van der Waals surface area (Å²) < 4.78 is 13.3. The zero-order chi connectivity index (χ0) is 20.1. The third-order valence-corrected chi connectivity index (χ3v) is 6.19. The SMILES string of the molecule is O=C(NC1CCN(c2ccccn2)CC1)NC(c1ccc(F)cc1)C1CCCC1. The Balaban J connectivity index is 1.33. The van der Waals surface area contributed by atoms with Gasteiger partial charge in [-0.1, -0.05) is 31.0 Å². The average Bonchev–Trinajstić information content (AvgIpc) is 3.29. The first-order valence-corrected chi connectivity index (χ1v) is 10.7. The van der Waals surface area contributed by atoms with Crippen LogP contribution in [0, 0.1) is 11.7 Å². The molecule has 0 spiro atoms. The maximum Gasteiger partial charge on any atom is 0.315 e. The van der Waals surface area contributed by atoms with Crippen LogP contribution in [-0.4, -0.2) is 30.1 Å². The van der Waals surface area contributed by atoms with E-state index in [9.17, 15) is 9.18 Å². The van der Waals surface area contributed by atoms with Crippen molar-refractivity contribution in [2.75, 3.05) is 18.0 Å². The minimum Gasteiger partial charge on any atom is -0.356 e. The summed E-state index contributed by atoms with van der Waals surface area (Å²) in [7, 11) is 0. The van der Waals surface area contributed by atoms with Crippen LogP contribution >= 0.6 is 0 Å². The first-order chi connectivity index (χ1) is 14.2. The predicted molar refractivity (Wildman–Crippen MR) is 112 cm³/mol. The van der Waals surface area contributed by atoms with Crippen LogP contribution in [0.5, 0.6) is 0 Å². The molecule has 0 radical (unpaired) electrons. The molecule has 5 nitrogen and oxygen atoms in total. The van der Waals surface area contributed by atoms with Crippen LogP contribution in [0.2, 0.25) is 0 Å². The largest absolute Gasteiger partial charge is 0.356 e. The molecular weight excluding hydrogens is 367 g/mol. The van der Waals surface area contributed by atoms with Gasteiger partial charge >= 0.3 is 6.03 Å². The molecule has 1 aliphatic heterocycles. The van der Waals surface area contributed by atoms with Crippen LogP contribution in [0.25, 0.3) is 0 Å². The fraction of sp³-hybridized carbons (Fsp3) is 0.478. The molecule has 2 N–H and O–H groups in total. The van der Waals surface area contributed by atoms with Gasteiger partial charge in [0.1, 0.15) is 11.6 Å². The molecule has 4 rings (SSSR count). The summed E-state index contributed by atoms with van der Waals surface area (Å²) in [5.74, 6) is 1.16. The predicted octanol–water partition coefficient (Wildman–Crippen LogP) is 4.42. The van der Waals surface area contributed by atoms with Crippen molar-refractivity contribution in [2.24, 2.45) is 5.92 Å². The van der Waals surface area contributed by atoms with Crippen molar-refractivity contribution in [1.82, 2.24) is 15.6 Å². The Morgan fingerprint density at radius 3 is 2.41 bits per heavy atom. The number of benzene rings is 1. The Kier molecular flexibility index (Phi) is 6.27. The van der Waals surface area contributed by atoms with Crippen molar-refractivity contribution in [1.29, 1.82) is 0 Å². The third kappa shape index (κ3) is 5.05. The number of anilines is 1. The van der Waals surface area contributed by atoms with Crippen LogP contribution < -0.4 is 15.5 Å². The van der Waals surface area contributed by atoms with Gasteiger partial charge in [-0.05, 0) is 61.4 Å². The highest BCUT2D eigenvalue weighted by atomic mass is 19.1. The number of amides is 2. The highest BCUT2D eigenvalue weighted by Gasteiger charge is 2.29. The Morgan fingerprint density at radius 2 is 1.76 bits per heavy atom. The highest BCUT2D eigenvalue weighted by Crippen LogP contribution is 2.35. The molecule has 1 unspecified atom stereocenters. The van der Waals surface area contributed by atoms with Gasteiger partial charge < -0.3 is 15.5 Å². The summed E-state index contributed by atoms with van der Waals surface area (Å²) >= 11 is 0. The Hall–Kier alpha value is -2.63. The number of nitrogens with zero attached hydrogens (tertiary/aromatic N) is 2. The van der Waals surface area contributed by atoms with E-state index in [2.05, 4.69) is 20.5 Å². The topological polar surface area (TPSA) is 57.3 Å². The number of carbonyl (C=O) groups is 1. The standard InChI is InChI=1S/C23H29FN4O/c24-19-10-8-18(9-11-19)22(17-5-1-2-6-17)27-23(29)26-20-12-15-28(16-13-20)21-7-3-4-14-25-21/h3-4,7-11,14,17,20,22H,1-2,5-6,12-13,15-16H2,(H2,26,27,29). The van der Waals surface area contributed by atoms with Crippen molar-refractivity contribution >= 4 is 11.8 Å². The summed E-state index contributed by atoms with van der Waals surface area (Å²) in [4.78, 5) is 19.4. The molecule has 1 atom stereocenters. The summed E-state index contributed by atoms with van der Waals surface area (Å²) in [5.41, 5.74) is 0.985. The molecule has 1 saturated carbocycles. The minimum atomic E-state index is -0.247. The molecule has 2 aliphatic rings. The van der Waals surface area contributed by atoms with Crippen molar-refractivity contribution in [3.05, 3.63) is 60.0 Å². The van der Waals surface area contributed by atoms with Crippen LogP contribution in [0.3, 0.4) is 0 Å². The number of carbonyl (C=O) groups excluding carboxylic acids is 1. The number of urea groups is 1. The van der Waals surface area contributed by atoms with Crippen molar-refractivity contribution in [3.63, 3.8) is 0 Å². The molecule has 1 aromatic carbocycles. The van der Waals surface area contributed by atoms with E-state index in [0.29, 0.717) is 5.92 Å². The maximum absolute atomic E-state index is 13.3. The number of hydrogen-bond acceptors (Lipinski definition) is 3. The fourth-order valence-electron chi connectivity index (χ4n) is 4.60. The first-order valence-electron chi connectivity index (χ1n) is 10.7. The molecule has 1 aromatic heterocycles. The van der Waals surface area contributed by atoms with E-state index in [-0.39, 0.29) is 23.9 Å². The second-order valence-corrected chi connectivity index (χ2v) is 8.14. The van der Waals surface area contributed by atoms with E-state index in [1.807, 2.05) is 24.4 Å². The second-order valence-electron chi connectivity index (χ2n) is 8.14. The number of aromatic nitrogens is 1. The number of rotatable bonds is 5. The summed E-state index contributed by atoms with van der Waals surface area (Å²) in [6.45, 7) is 1.76. The van der Waals surface area contributed by atoms with E-state index >= 15 is 0 Å². The summed E-state index contributed by atoms with van der Waals surface area (Å²) in [6.07, 6.45) is 8.19. The third-order valence-electron chi connectivity index (χ3n) is 6.19. The van der Waals surface area contributed by atoms with E-state index in [1.54, 1.807) is 12.1 Å². The van der Waals surface area contributed by atoms with Crippen LogP contribution in [-0.2, 0) is 0 Å². The minimum absolute atomic E-state index is 0.0632. The Labute approximate surface area is 171 Å². The molecule has 2 fully saturated rings. The van der Waals surface area contributed by atoms with Crippen LogP contribution in [0.15, 0.2) is 48.7 Å². The molecule has 1 saturated heterocycles. The second kappa shape index (κ2) is 9.25. The molecule has 2 heterocycles. The van der Waals surface area contributed by atoms with Gasteiger partial charge in [0.05, 0.1) is 6.04 Å². The maximum atomic E-state index is 13.3. The number of halogens is 1. The number of pyridine rings is 1. The summed E-state index contributed by atoms with van der Waals surface area (Å²) in [6, 6.07) is 12.5. The van der Waals surface area contributed by atoms with E-state index in [4.69, 9.17) is 0 Å². The molecular formula is C23H29FN4O. The van der Waals surface area contributed by atoms with Gasteiger partial charge in [0.25, 0.3) is 0 Å². The van der Waals surface area contributed by atoms with Crippen LogP contribution in [0.4, 0.5) is 15.0 Å². The molecule has 6 heteroatoms. The van der Waals surface area contributed by atoms with Gasteiger partial charge in [0.2, 0.25) is 0 Å². The smallest absolute Gasteiger partial charge is 0.315 e. The highest BCUT2D eigenvalue weighted by molar-refractivity contribution is 5.75. The van der Waals surface area contributed by atoms with Gasteiger partial charge in [0.15, 0.2) is 0 Å². The van der Waals surface area contributed by atoms with Gasteiger partial charge in [-0.3, -0.25) is 0 Å². The number of piperidine rings is 1. The van der Waals surface area contributed by atoms with Gasteiger partial charge in [-0.15, -0.1) is 0 Å². The molecule has 2 aromatic rings. The quantitative estimate of drug-likeness (QED) is 0.787. The monoisotopic (exact) mass is 396 g/mol. The fourth-order valence-corrected chi connectivity index (χ4v) is 4.60. The van der Waals surface area contributed by atoms with Gasteiger partial charge in [-0.25, -0.2) is 14.2 Å². The van der Waals surface area contributed by atoms with E-state index in [0.717, 1.165) is 50.2 Å². The lowest BCUT2D eigenvalue weighted by Gasteiger charge is -2.34. The van der Waals surface area contributed by atoms with E-state index < -0.39 is 0 Å². The lowest BCUT2D eigenvalue weighted by molar-refractivity contribution is 0.224. The van der Waals surface area contributed by atoms with Gasteiger partial charge in [0, 0.05) is 25.3 Å². The molecule has 29 heavy (non-hydrogen) atoms. The molecule has 2 amide bonds. The summed E-state index contributed by atoms with van der Waals surface area (Å²) in [5, 5.41) is 6.34. The zero-order valence-corrected chi connectivity index (χ0v) is 16.7.